The summed E-state index contributed by atoms with van der Waals surface area (Å²) in [6.07, 6.45) is 0.535. The number of carboxylic acids is 1. The number of rotatable bonds is 8. The van der Waals surface area contributed by atoms with Gasteiger partial charge in [-0.1, -0.05) is 0 Å². The average Bonchev–Trinajstić information content (AvgIpc) is 2.42. The van der Waals surface area contributed by atoms with E-state index in [2.05, 4.69) is 0 Å². The Balaban J connectivity index is 2.96. The zero-order valence-corrected chi connectivity index (χ0v) is 10.7. The number of nitrogens with zero attached hydrogens (tertiary/aromatic N) is 1. The van der Waals surface area contributed by atoms with Gasteiger partial charge in [-0.3, -0.25) is 19.7 Å². The van der Waals surface area contributed by atoms with Crippen molar-refractivity contribution in [2.75, 3.05) is 13.7 Å². The molecule has 108 valence electrons. The van der Waals surface area contributed by atoms with Crippen molar-refractivity contribution in [3.05, 3.63) is 27.8 Å². The summed E-state index contributed by atoms with van der Waals surface area (Å²) in [5.41, 5.74) is -0.594. The molecule has 20 heavy (non-hydrogen) atoms. The Labute approximate surface area is 114 Å². The summed E-state index contributed by atoms with van der Waals surface area (Å²) in [5.74, 6) is -1.02. The minimum absolute atomic E-state index is 0.0697. The lowest BCUT2D eigenvalue weighted by Gasteiger charge is -2.11. The van der Waals surface area contributed by atoms with Crippen LogP contribution in [-0.2, 0) is 4.79 Å². The largest absolute Gasteiger partial charge is 0.489 e. The molecule has 1 aromatic rings. The van der Waals surface area contributed by atoms with E-state index < -0.39 is 16.6 Å². The fourth-order valence-corrected chi connectivity index (χ4v) is 1.57. The number of carboxylic acid groups (broad SMARTS) is 1. The van der Waals surface area contributed by atoms with Gasteiger partial charge in [0, 0.05) is 6.42 Å². The molecule has 1 N–H and O–H groups in total. The monoisotopic (exact) mass is 283 g/mol. The Kier molecular flexibility index (Phi) is 5.45. The van der Waals surface area contributed by atoms with Crippen molar-refractivity contribution in [2.24, 2.45) is 0 Å². The molecule has 0 aliphatic heterocycles. The molecular formula is C12H13NO7. The lowest BCUT2D eigenvalue weighted by atomic mass is 10.1. The molecule has 1 rings (SSSR count). The second-order valence-electron chi connectivity index (χ2n) is 3.76. The van der Waals surface area contributed by atoms with Crippen LogP contribution in [0.25, 0.3) is 0 Å². The molecule has 0 bridgehead atoms. The second-order valence-corrected chi connectivity index (χ2v) is 3.76. The molecule has 0 saturated heterocycles. The van der Waals surface area contributed by atoms with E-state index in [1.807, 2.05) is 0 Å². The second kappa shape index (κ2) is 7.07. The molecule has 0 amide bonds. The van der Waals surface area contributed by atoms with Gasteiger partial charge in [-0.05, 0) is 18.6 Å². The average molecular weight is 283 g/mol. The Morgan fingerprint density at radius 2 is 2.20 bits per heavy atom. The summed E-state index contributed by atoms with van der Waals surface area (Å²) in [5, 5.41) is 19.5. The summed E-state index contributed by atoms with van der Waals surface area (Å²) in [7, 11) is 1.22. The molecule has 0 heterocycles. The number of nitro groups is 1. The minimum atomic E-state index is -0.956. The zero-order valence-electron chi connectivity index (χ0n) is 10.7. The van der Waals surface area contributed by atoms with E-state index in [-0.39, 0.29) is 36.5 Å². The van der Waals surface area contributed by atoms with Crippen molar-refractivity contribution in [2.45, 2.75) is 12.8 Å². The Bertz CT molecular complexity index is 527. The minimum Gasteiger partial charge on any atom is -0.489 e. The number of aldehydes is 1. The maximum Gasteiger partial charge on any atom is 0.325 e. The first-order valence-electron chi connectivity index (χ1n) is 5.66. The highest BCUT2D eigenvalue weighted by molar-refractivity contribution is 5.85. The van der Waals surface area contributed by atoms with Gasteiger partial charge in [-0.2, -0.15) is 0 Å². The smallest absolute Gasteiger partial charge is 0.325 e. The summed E-state index contributed by atoms with van der Waals surface area (Å²) in [6, 6.07) is 2.62. The molecule has 0 radical (unpaired) electrons. The fraction of sp³-hybridized carbons (Fsp3) is 0.333. The molecular weight excluding hydrogens is 270 g/mol. The molecule has 0 atom stereocenters. The van der Waals surface area contributed by atoms with E-state index in [1.165, 1.54) is 19.2 Å². The molecule has 0 aromatic heterocycles. The van der Waals surface area contributed by atoms with E-state index in [4.69, 9.17) is 14.6 Å². The van der Waals surface area contributed by atoms with Crippen molar-refractivity contribution in [1.29, 1.82) is 0 Å². The van der Waals surface area contributed by atoms with Crippen LogP contribution < -0.4 is 9.47 Å². The molecule has 8 nitrogen and oxygen atoms in total. The predicted octanol–water partition coefficient (Wildman–Crippen LogP) is 1.66. The zero-order chi connectivity index (χ0) is 15.1. The summed E-state index contributed by atoms with van der Waals surface area (Å²) >= 11 is 0. The third-order valence-corrected chi connectivity index (χ3v) is 2.43. The van der Waals surface area contributed by atoms with Crippen molar-refractivity contribution < 1.29 is 29.1 Å². The highest BCUT2D eigenvalue weighted by Crippen LogP contribution is 2.38. The Hall–Kier alpha value is -2.64. The van der Waals surface area contributed by atoms with Crippen LogP contribution in [0.4, 0.5) is 5.69 Å². The maximum atomic E-state index is 11.0. The van der Waals surface area contributed by atoms with E-state index >= 15 is 0 Å². The molecule has 0 saturated carbocycles. The van der Waals surface area contributed by atoms with Crippen molar-refractivity contribution >= 4 is 17.9 Å². The van der Waals surface area contributed by atoms with E-state index in [1.54, 1.807) is 0 Å². The maximum absolute atomic E-state index is 11.0. The summed E-state index contributed by atoms with van der Waals surface area (Å²) < 4.78 is 10.2. The molecule has 1 aromatic carbocycles. The predicted molar refractivity (Wildman–Crippen MR) is 67.4 cm³/mol. The lowest BCUT2D eigenvalue weighted by Crippen LogP contribution is -2.05. The van der Waals surface area contributed by atoms with Crippen LogP contribution in [0.3, 0.4) is 0 Å². The van der Waals surface area contributed by atoms with Gasteiger partial charge in [0.05, 0.1) is 24.2 Å². The normalized spacial score (nSPS) is 9.85. The fourth-order valence-electron chi connectivity index (χ4n) is 1.57. The quantitative estimate of drug-likeness (QED) is 0.333. The first kappa shape index (κ1) is 15.4. The van der Waals surface area contributed by atoms with Gasteiger partial charge in [-0.15, -0.1) is 0 Å². The first-order valence-corrected chi connectivity index (χ1v) is 5.66. The highest BCUT2D eigenvalue weighted by atomic mass is 16.6. The number of aliphatic carboxylic acids is 1. The number of carbonyl (C=O) groups excluding carboxylic acids is 1. The van der Waals surface area contributed by atoms with Gasteiger partial charge < -0.3 is 14.6 Å². The first-order chi connectivity index (χ1) is 9.51. The number of carbonyl (C=O) groups is 2. The number of hydrogen-bond acceptors (Lipinski definition) is 6. The van der Waals surface area contributed by atoms with Crippen LogP contribution in [-0.4, -0.2) is 36.0 Å². The molecule has 8 heteroatoms. The molecule has 0 aliphatic carbocycles. The van der Waals surface area contributed by atoms with Crippen LogP contribution in [0.1, 0.15) is 23.2 Å². The highest BCUT2D eigenvalue weighted by Gasteiger charge is 2.25. The van der Waals surface area contributed by atoms with Crippen LogP contribution in [0.2, 0.25) is 0 Å². The van der Waals surface area contributed by atoms with Gasteiger partial charge in [-0.25, -0.2) is 0 Å². The van der Waals surface area contributed by atoms with Gasteiger partial charge >= 0.3 is 11.7 Å². The Morgan fingerprint density at radius 3 is 2.70 bits per heavy atom. The van der Waals surface area contributed by atoms with Gasteiger partial charge in [0.15, 0.2) is 12.0 Å². The molecule has 0 spiro atoms. The third-order valence-electron chi connectivity index (χ3n) is 2.43. The summed E-state index contributed by atoms with van der Waals surface area (Å²) in [4.78, 5) is 31.4. The number of nitro benzene ring substituents is 1. The standard InChI is InChI=1S/C12H13NO7/c1-19-12-9(20-6-2-3-10(15)16)5-4-8(7-14)11(12)13(17)18/h4-5,7H,2-3,6H2,1H3,(H,15,16). The van der Waals surface area contributed by atoms with Crippen LogP contribution in [0, 0.1) is 10.1 Å². The van der Waals surface area contributed by atoms with E-state index in [0.29, 0.717) is 6.29 Å². The number of benzene rings is 1. The van der Waals surface area contributed by atoms with Gasteiger partial charge in [0.1, 0.15) is 0 Å². The van der Waals surface area contributed by atoms with Crippen LogP contribution >= 0.6 is 0 Å². The lowest BCUT2D eigenvalue weighted by molar-refractivity contribution is -0.386. The number of methoxy groups -OCH3 is 1. The summed E-state index contributed by atoms with van der Waals surface area (Å²) in [6.45, 7) is 0.0697. The van der Waals surface area contributed by atoms with E-state index in [9.17, 15) is 19.7 Å². The molecule has 0 fully saturated rings. The topological polar surface area (TPSA) is 116 Å². The van der Waals surface area contributed by atoms with Crippen molar-refractivity contribution in [3.63, 3.8) is 0 Å². The number of hydrogen-bond donors (Lipinski definition) is 1. The van der Waals surface area contributed by atoms with Crippen LogP contribution in [0.5, 0.6) is 11.5 Å². The van der Waals surface area contributed by atoms with Crippen molar-refractivity contribution in [3.8, 4) is 11.5 Å². The van der Waals surface area contributed by atoms with Gasteiger partial charge in [0.25, 0.3) is 0 Å². The van der Waals surface area contributed by atoms with Crippen molar-refractivity contribution in [1.82, 2.24) is 0 Å². The van der Waals surface area contributed by atoms with Gasteiger partial charge in [0.2, 0.25) is 5.75 Å². The molecule has 0 aliphatic rings. The molecule has 0 unspecified atom stereocenters. The SMILES string of the molecule is COc1c(OCCCC(=O)O)ccc(C=O)c1[N+](=O)[O-]. The third kappa shape index (κ3) is 3.67. The Morgan fingerprint density at radius 1 is 1.50 bits per heavy atom. The van der Waals surface area contributed by atoms with E-state index in [0.717, 1.165) is 0 Å². The number of ether oxygens (including phenoxy) is 2. The van der Waals surface area contributed by atoms with Crippen LogP contribution in [0.15, 0.2) is 12.1 Å².